The van der Waals surface area contributed by atoms with Gasteiger partial charge in [-0.15, -0.1) is 11.3 Å². The van der Waals surface area contributed by atoms with Gasteiger partial charge in [-0.3, -0.25) is 19.4 Å². The second kappa shape index (κ2) is 9.86. The van der Waals surface area contributed by atoms with Gasteiger partial charge in [0.05, 0.1) is 28.5 Å². The molecule has 2 fully saturated rings. The molecule has 1 atom stereocenters. The fourth-order valence-corrected chi connectivity index (χ4v) is 6.04. The van der Waals surface area contributed by atoms with E-state index in [1.165, 1.54) is 34.2 Å². The van der Waals surface area contributed by atoms with Crippen LogP contribution < -0.4 is 10.6 Å². The minimum absolute atomic E-state index is 0.0191. The van der Waals surface area contributed by atoms with Crippen molar-refractivity contribution < 1.29 is 28.2 Å². The van der Waals surface area contributed by atoms with Gasteiger partial charge in [-0.1, -0.05) is 6.07 Å². The lowest BCUT2D eigenvalue weighted by atomic mass is 9.80. The largest absolute Gasteiger partial charge is 0.418 e. The van der Waals surface area contributed by atoms with E-state index in [4.69, 9.17) is 0 Å². The average Bonchev–Trinajstić information content (AvgIpc) is 3.48. The Balaban J connectivity index is 1.11. The number of carbonyl (C=O) groups excluding carboxylic acids is 1. The molecule has 1 saturated carbocycles. The van der Waals surface area contributed by atoms with Crippen LogP contribution in [0, 0.1) is 0 Å². The van der Waals surface area contributed by atoms with E-state index in [0.717, 1.165) is 30.8 Å². The number of amides is 1. The Morgan fingerprint density at radius 1 is 1.30 bits per heavy atom. The summed E-state index contributed by atoms with van der Waals surface area (Å²) >= 11 is 1.48. The number of hydrogen-bond acceptors (Lipinski definition) is 8. The molecular weight excluding hydrogens is 509 g/mol. The zero-order chi connectivity index (χ0) is 26.4. The maximum atomic E-state index is 12.9. The normalized spacial score (nSPS) is 24.1. The Labute approximate surface area is 215 Å². The molecular formula is C24H29F3N6O3S. The lowest BCUT2D eigenvalue weighted by molar-refractivity contribution is -0.206. The number of alkyl halides is 3. The van der Waals surface area contributed by atoms with E-state index in [2.05, 4.69) is 25.6 Å². The Morgan fingerprint density at radius 3 is 2.68 bits per heavy atom. The van der Waals surface area contributed by atoms with Crippen molar-refractivity contribution in [3.63, 3.8) is 0 Å². The Kier molecular flexibility index (Phi) is 6.90. The van der Waals surface area contributed by atoms with Gasteiger partial charge >= 0.3 is 6.18 Å². The molecule has 1 aliphatic carbocycles. The van der Waals surface area contributed by atoms with Gasteiger partial charge < -0.3 is 20.8 Å². The molecule has 3 heterocycles. The molecule has 2 aliphatic rings. The predicted octanol–water partition coefficient (Wildman–Crippen LogP) is 2.67. The summed E-state index contributed by atoms with van der Waals surface area (Å²) in [6, 6.07) is 4.31. The van der Waals surface area contributed by atoms with E-state index in [1.54, 1.807) is 18.8 Å². The number of halogens is 3. The molecule has 200 valence electrons. The monoisotopic (exact) mass is 538 g/mol. The van der Waals surface area contributed by atoms with Crippen LogP contribution in [0.5, 0.6) is 0 Å². The highest BCUT2D eigenvalue weighted by Gasteiger charge is 2.41. The molecule has 1 saturated heterocycles. The number of anilines is 1. The number of thiazole rings is 1. The third kappa shape index (κ3) is 5.31. The molecule has 4 N–H and O–H groups in total. The first-order valence-electron chi connectivity index (χ1n) is 12.1. The summed E-state index contributed by atoms with van der Waals surface area (Å²) in [5, 5.41) is 31.1. The maximum Gasteiger partial charge on any atom is 0.418 e. The highest BCUT2D eigenvalue weighted by Crippen LogP contribution is 2.41. The standard InChI is InChI=1S/C24H29F3N6O3S/c1-32-18-3-2-14(21(35)24(25,26)27)8-17(18)22(31-32)29-10-20(34)30-15-11-33(12-15)16-4-6-23(36,7-5-16)19-9-28-13-37-19/h2-3,8-9,13,15-16,21,35-36H,4-7,10-12H2,1H3,(H,29,31)(H,30,34)/t16-,21?,23-. The number of rotatable bonds is 7. The van der Waals surface area contributed by atoms with Gasteiger partial charge in [-0.05, 0) is 43.4 Å². The second-order valence-corrected chi connectivity index (χ2v) is 10.8. The fourth-order valence-electron chi connectivity index (χ4n) is 5.25. The van der Waals surface area contributed by atoms with Crippen LogP contribution in [0.4, 0.5) is 19.0 Å². The molecule has 5 rings (SSSR count). The summed E-state index contributed by atoms with van der Waals surface area (Å²) in [6.45, 7) is 1.39. The Hall–Kier alpha value is -2.74. The quantitative estimate of drug-likeness (QED) is 0.366. The highest BCUT2D eigenvalue weighted by atomic mass is 32.1. The van der Waals surface area contributed by atoms with Crippen LogP contribution >= 0.6 is 11.3 Å². The van der Waals surface area contributed by atoms with Crippen molar-refractivity contribution >= 4 is 34.0 Å². The van der Waals surface area contributed by atoms with Crippen LogP contribution in [-0.4, -0.2) is 73.7 Å². The van der Waals surface area contributed by atoms with E-state index < -0.39 is 17.9 Å². The molecule has 37 heavy (non-hydrogen) atoms. The van der Waals surface area contributed by atoms with Crippen LogP contribution in [-0.2, 0) is 17.4 Å². The SMILES string of the molecule is Cn1nc(NCC(=O)NC2CN([C@H]3CC[C@@](O)(c4cncs4)CC3)C2)c2cc(C(O)C(F)(F)F)ccc21. The van der Waals surface area contributed by atoms with Crippen molar-refractivity contribution in [2.24, 2.45) is 7.05 Å². The first kappa shape index (κ1) is 25.9. The zero-order valence-corrected chi connectivity index (χ0v) is 21.0. The Morgan fingerprint density at radius 2 is 2.03 bits per heavy atom. The summed E-state index contributed by atoms with van der Waals surface area (Å²) in [5.74, 6) is 0.0351. The third-order valence-electron chi connectivity index (χ3n) is 7.38. The predicted molar refractivity (Wildman–Crippen MR) is 132 cm³/mol. The second-order valence-electron chi connectivity index (χ2n) is 9.89. The van der Waals surface area contributed by atoms with Gasteiger partial charge in [0.2, 0.25) is 5.91 Å². The van der Waals surface area contributed by atoms with Crippen LogP contribution in [0.3, 0.4) is 0 Å². The van der Waals surface area contributed by atoms with Crippen LogP contribution in [0.15, 0.2) is 29.9 Å². The van der Waals surface area contributed by atoms with Crippen molar-refractivity contribution in [1.29, 1.82) is 0 Å². The molecule has 1 aromatic carbocycles. The minimum atomic E-state index is -4.78. The van der Waals surface area contributed by atoms with E-state index in [0.29, 0.717) is 29.8 Å². The summed E-state index contributed by atoms with van der Waals surface area (Å²) in [6.07, 6.45) is -2.48. The maximum absolute atomic E-state index is 12.9. The molecule has 2 aromatic heterocycles. The first-order valence-corrected chi connectivity index (χ1v) is 13.0. The van der Waals surface area contributed by atoms with Crippen molar-refractivity contribution in [2.75, 3.05) is 25.0 Å². The fraction of sp³-hybridized carbons (Fsp3) is 0.542. The number of hydrogen-bond donors (Lipinski definition) is 4. The van der Waals surface area contributed by atoms with Gasteiger partial charge in [0.15, 0.2) is 11.9 Å². The number of aryl methyl sites for hydroxylation is 1. The lowest BCUT2D eigenvalue weighted by Crippen LogP contribution is -2.63. The summed E-state index contributed by atoms with van der Waals surface area (Å²) < 4.78 is 40.3. The number of aromatic nitrogens is 3. The molecule has 9 nitrogen and oxygen atoms in total. The average molecular weight is 539 g/mol. The first-order chi connectivity index (χ1) is 17.5. The Bertz CT molecular complexity index is 1250. The van der Waals surface area contributed by atoms with E-state index in [9.17, 15) is 28.2 Å². The molecule has 1 amide bonds. The minimum Gasteiger partial charge on any atom is -0.384 e. The molecule has 1 aliphatic heterocycles. The van der Waals surface area contributed by atoms with E-state index in [1.807, 2.05) is 0 Å². The summed E-state index contributed by atoms with van der Waals surface area (Å²) in [4.78, 5) is 19.8. The van der Waals surface area contributed by atoms with Crippen LogP contribution in [0.2, 0.25) is 0 Å². The number of aliphatic hydroxyl groups excluding tert-OH is 1. The molecule has 13 heteroatoms. The highest BCUT2D eigenvalue weighted by molar-refractivity contribution is 7.09. The number of nitrogens with zero attached hydrogens (tertiary/aromatic N) is 4. The number of likely N-dealkylation sites (tertiary alicyclic amines) is 1. The van der Waals surface area contributed by atoms with Crippen molar-refractivity contribution in [3.05, 3.63) is 40.3 Å². The van der Waals surface area contributed by atoms with Crippen LogP contribution in [0.25, 0.3) is 10.9 Å². The smallest absolute Gasteiger partial charge is 0.384 e. The third-order valence-corrected chi connectivity index (χ3v) is 8.35. The number of aliphatic hydroxyl groups is 2. The summed E-state index contributed by atoms with van der Waals surface area (Å²) in [7, 11) is 1.65. The molecule has 1 unspecified atom stereocenters. The number of carbonyl (C=O) groups is 1. The van der Waals surface area contributed by atoms with Gasteiger partial charge in [0.1, 0.15) is 5.60 Å². The number of fused-ring (bicyclic) bond motifs is 1. The molecule has 0 bridgehead atoms. The number of benzene rings is 1. The van der Waals surface area contributed by atoms with E-state index >= 15 is 0 Å². The lowest BCUT2D eigenvalue weighted by Gasteiger charge is -2.48. The molecule has 0 radical (unpaired) electrons. The van der Waals surface area contributed by atoms with E-state index in [-0.39, 0.29) is 29.9 Å². The molecule has 0 spiro atoms. The van der Waals surface area contributed by atoms with Gasteiger partial charge in [0, 0.05) is 37.8 Å². The zero-order valence-electron chi connectivity index (χ0n) is 20.2. The number of nitrogens with one attached hydrogen (secondary N) is 2. The molecule has 3 aromatic rings. The summed E-state index contributed by atoms with van der Waals surface area (Å²) in [5.41, 5.74) is 1.24. The van der Waals surface area contributed by atoms with Crippen molar-refractivity contribution in [3.8, 4) is 0 Å². The topological polar surface area (TPSA) is 116 Å². The van der Waals surface area contributed by atoms with Gasteiger partial charge in [-0.2, -0.15) is 18.3 Å². The van der Waals surface area contributed by atoms with Crippen LogP contribution in [0.1, 0.15) is 42.2 Å². The van der Waals surface area contributed by atoms with Crippen molar-refractivity contribution in [2.45, 2.75) is 55.6 Å². The van der Waals surface area contributed by atoms with Crippen molar-refractivity contribution in [1.82, 2.24) is 25.0 Å². The van der Waals surface area contributed by atoms with Gasteiger partial charge in [0.25, 0.3) is 0 Å². The van der Waals surface area contributed by atoms with Gasteiger partial charge in [-0.25, -0.2) is 0 Å².